The Kier molecular flexibility index (Phi) is 7.44. The lowest BCUT2D eigenvalue weighted by Gasteiger charge is -2.28. The van der Waals surface area contributed by atoms with E-state index in [0.29, 0.717) is 17.5 Å². The van der Waals surface area contributed by atoms with Gasteiger partial charge in [0.2, 0.25) is 5.91 Å². The van der Waals surface area contributed by atoms with E-state index in [1.807, 2.05) is 11.4 Å². The Morgan fingerprint density at radius 2 is 2.03 bits per heavy atom. The number of benzene rings is 1. The van der Waals surface area contributed by atoms with Crippen LogP contribution in [-0.4, -0.2) is 49.8 Å². The molecule has 2 N–H and O–H groups in total. The largest absolute Gasteiger partial charge is 0.378 e. The molecule has 2 aromatic rings. The number of morpholine rings is 1. The number of nitrogens with one attached hydrogen (secondary N) is 2. The van der Waals surface area contributed by atoms with Crippen LogP contribution in [0, 0.1) is 17.2 Å². The second-order valence-corrected chi connectivity index (χ2v) is 8.24. The zero-order chi connectivity index (χ0) is 20.6. The van der Waals surface area contributed by atoms with Crippen molar-refractivity contribution in [3.8, 4) is 17.3 Å². The van der Waals surface area contributed by atoms with E-state index >= 15 is 0 Å². The number of aromatic nitrogens is 1. The second-order valence-electron chi connectivity index (χ2n) is 7.39. The van der Waals surface area contributed by atoms with Crippen LogP contribution in [0.5, 0.6) is 0 Å². The number of ether oxygens (including phenoxy) is 1. The monoisotopic (exact) mass is 413 g/mol. The number of hydrogen-bond donors (Lipinski definition) is 2. The van der Waals surface area contributed by atoms with E-state index < -0.39 is 6.04 Å². The molecule has 2 heterocycles. The molecule has 1 atom stereocenters. The highest BCUT2D eigenvalue weighted by Gasteiger charge is 2.21. The molecule has 29 heavy (non-hydrogen) atoms. The Bertz CT molecular complexity index is 838. The molecule has 1 aliphatic rings. The summed E-state index contributed by atoms with van der Waals surface area (Å²) in [5.74, 6) is 0.166. The minimum absolute atomic E-state index is 0.00766. The first-order valence-corrected chi connectivity index (χ1v) is 10.7. The van der Waals surface area contributed by atoms with Crippen LogP contribution >= 0.6 is 11.3 Å². The Hall–Kier alpha value is -2.63. The summed E-state index contributed by atoms with van der Waals surface area (Å²) in [6.07, 6.45) is 0.667. The molecule has 0 unspecified atom stereocenters. The summed E-state index contributed by atoms with van der Waals surface area (Å²) < 4.78 is 5.41. The summed E-state index contributed by atoms with van der Waals surface area (Å²) in [6, 6.07) is 9.92. The molecular weight excluding hydrogens is 386 g/mol. The smallest absolute Gasteiger partial charge is 0.243 e. The minimum Gasteiger partial charge on any atom is -0.378 e. The Morgan fingerprint density at radius 3 is 2.69 bits per heavy atom. The van der Waals surface area contributed by atoms with Crippen LogP contribution in [0.1, 0.15) is 20.3 Å². The van der Waals surface area contributed by atoms with Gasteiger partial charge in [0.25, 0.3) is 0 Å². The molecule has 8 heteroatoms. The SMILES string of the molecule is CC(C)C[C@H](Nc1nc(-c2ccc(N3CCOCC3)cc2)cs1)C(=O)NCC#N. The van der Waals surface area contributed by atoms with Crippen LogP contribution in [0.15, 0.2) is 29.6 Å². The van der Waals surface area contributed by atoms with Crippen molar-refractivity contribution in [1.82, 2.24) is 10.3 Å². The summed E-state index contributed by atoms with van der Waals surface area (Å²) in [6.45, 7) is 7.49. The summed E-state index contributed by atoms with van der Waals surface area (Å²) in [5.41, 5.74) is 3.11. The number of thiazole rings is 1. The van der Waals surface area contributed by atoms with Crippen LogP contribution < -0.4 is 15.5 Å². The number of nitrogens with zero attached hydrogens (tertiary/aromatic N) is 3. The molecule has 1 aromatic carbocycles. The molecule has 1 aromatic heterocycles. The van der Waals surface area contributed by atoms with Crippen molar-refractivity contribution in [2.45, 2.75) is 26.3 Å². The summed E-state index contributed by atoms with van der Waals surface area (Å²) in [4.78, 5) is 19.3. The lowest BCUT2D eigenvalue weighted by molar-refractivity contribution is -0.121. The van der Waals surface area contributed by atoms with E-state index in [2.05, 4.69) is 58.6 Å². The molecule has 0 spiro atoms. The molecule has 1 amide bonds. The molecule has 3 rings (SSSR count). The maximum atomic E-state index is 12.3. The Morgan fingerprint density at radius 1 is 1.31 bits per heavy atom. The molecule has 7 nitrogen and oxygen atoms in total. The predicted molar refractivity (Wildman–Crippen MR) is 116 cm³/mol. The van der Waals surface area contributed by atoms with Crippen molar-refractivity contribution in [3.05, 3.63) is 29.6 Å². The van der Waals surface area contributed by atoms with Gasteiger partial charge in [0.15, 0.2) is 5.13 Å². The van der Waals surface area contributed by atoms with Crippen molar-refractivity contribution in [2.75, 3.05) is 43.1 Å². The van der Waals surface area contributed by atoms with Gasteiger partial charge in [-0.1, -0.05) is 26.0 Å². The van der Waals surface area contributed by atoms with Gasteiger partial charge in [0.05, 0.1) is 25.0 Å². The number of carbonyl (C=O) groups is 1. The van der Waals surface area contributed by atoms with Crippen LogP contribution in [0.3, 0.4) is 0 Å². The summed E-state index contributed by atoms with van der Waals surface area (Å²) >= 11 is 1.48. The summed E-state index contributed by atoms with van der Waals surface area (Å²) in [7, 11) is 0. The fourth-order valence-corrected chi connectivity index (χ4v) is 4.01. The van der Waals surface area contributed by atoms with Crippen LogP contribution in [-0.2, 0) is 9.53 Å². The molecule has 154 valence electrons. The standard InChI is InChI=1S/C21H27N5O2S/c1-15(2)13-18(20(27)23-8-7-22)24-21-25-19(14-29-21)16-3-5-17(6-4-16)26-9-11-28-12-10-26/h3-6,14-15,18H,8-13H2,1-2H3,(H,23,27)(H,24,25)/t18-/m0/s1. The van der Waals surface area contributed by atoms with E-state index in [0.717, 1.165) is 37.6 Å². The quantitative estimate of drug-likeness (QED) is 0.646. The van der Waals surface area contributed by atoms with Gasteiger partial charge in [0.1, 0.15) is 12.6 Å². The van der Waals surface area contributed by atoms with E-state index in [1.54, 1.807) is 0 Å². The van der Waals surface area contributed by atoms with Gasteiger partial charge in [0, 0.05) is 29.7 Å². The first-order valence-electron chi connectivity index (χ1n) is 9.86. The first kappa shape index (κ1) is 21.1. The Balaban J connectivity index is 1.67. The number of hydrogen-bond acceptors (Lipinski definition) is 7. The maximum Gasteiger partial charge on any atom is 0.243 e. The van der Waals surface area contributed by atoms with Crippen LogP contribution in [0.4, 0.5) is 10.8 Å². The van der Waals surface area contributed by atoms with Crippen LogP contribution in [0.25, 0.3) is 11.3 Å². The number of rotatable bonds is 8. The Labute approximate surface area is 175 Å². The van der Waals surface area contributed by atoms with Gasteiger partial charge in [-0.3, -0.25) is 4.79 Å². The highest BCUT2D eigenvalue weighted by atomic mass is 32.1. The molecule has 0 radical (unpaired) electrons. The number of anilines is 2. The molecule has 1 saturated heterocycles. The molecule has 0 saturated carbocycles. The zero-order valence-corrected chi connectivity index (χ0v) is 17.7. The molecule has 0 aliphatic carbocycles. The third-order valence-corrected chi connectivity index (χ3v) is 5.48. The highest BCUT2D eigenvalue weighted by molar-refractivity contribution is 7.14. The average Bonchev–Trinajstić information content (AvgIpc) is 3.20. The third kappa shape index (κ3) is 5.92. The zero-order valence-electron chi connectivity index (χ0n) is 16.9. The van der Waals surface area contributed by atoms with Crippen molar-refractivity contribution < 1.29 is 9.53 Å². The van der Waals surface area contributed by atoms with Gasteiger partial charge in [-0.05, 0) is 24.5 Å². The maximum absolute atomic E-state index is 12.3. The second kappa shape index (κ2) is 10.2. The molecule has 0 bridgehead atoms. The summed E-state index contributed by atoms with van der Waals surface area (Å²) in [5, 5.41) is 17.3. The van der Waals surface area contributed by atoms with Gasteiger partial charge in [-0.2, -0.15) is 5.26 Å². The van der Waals surface area contributed by atoms with Gasteiger partial charge >= 0.3 is 0 Å². The van der Waals surface area contributed by atoms with E-state index in [9.17, 15) is 4.79 Å². The van der Waals surface area contributed by atoms with Crippen molar-refractivity contribution in [2.24, 2.45) is 5.92 Å². The van der Waals surface area contributed by atoms with Gasteiger partial charge in [-0.25, -0.2) is 4.98 Å². The number of nitriles is 1. The van der Waals surface area contributed by atoms with E-state index in [4.69, 9.17) is 10.00 Å². The first-order chi connectivity index (χ1) is 14.1. The normalized spacial score (nSPS) is 15.0. The van der Waals surface area contributed by atoms with Crippen molar-refractivity contribution in [1.29, 1.82) is 5.26 Å². The molecular formula is C21H27N5O2S. The van der Waals surface area contributed by atoms with Crippen molar-refractivity contribution in [3.63, 3.8) is 0 Å². The van der Waals surface area contributed by atoms with Crippen molar-refractivity contribution >= 4 is 28.1 Å². The molecule has 1 fully saturated rings. The fraction of sp³-hybridized carbons (Fsp3) is 0.476. The van der Waals surface area contributed by atoms with E-state index in [1.165, 1.54) is 17.0 Å². The minimum atomic E-state index is -0.411. The van der Waals surface area contributed by atoms with E-state index in [-0.39, 0.29) is 12.5 Å². The van der Waals surface area contributed by atoms with Gasteiger partial charge < -0.3 is 20.3 Å². The topological polar surface area (TPSA) is 90.3 Å². The fourth-order valence-electron chi connectivity index (χ4n) is 3.24. The van der Waals surface area contributed by atoms with Crippen LogP contribution in [0.2, 0.25) is 0 Å². The highest BCUT2D eigenvalue weighted by Crippen LogP contribution is 2.28. The third-order valence-electron chi connectivity index (χ3n) is 4.71. The predicted octanol–water partition coefficient (Wildman–Crippen LogP) is 3.11. The molecule has 1 aliphatic heterocycles. The lowest BCUT2D eigenvalue weighted by Crippen LogP contribution is -2.40. The number of amides is 1. The lowest BCUT2D eigenvalue weighted by atomic mass is 10.0. The average molecular weight is 414 g/mol. The number of carbonyl (C=O) groups excluding carboxylic acids is 1. The van der Waals surface area contributed by atoms with Gasteiger partial charge in [-0.15, -0.1) is 11.3 Å².